The molecule has 20 heavy (non-hydrogen) atoms. The van der Waals surface area contributed by atoms with Crippen LogP contribution in [0.3, 0.4) is 0 Å². The van der Waals surface area contributed by atoms with Crippen molar-refractivity contribution in [2.45, 2.75) is 31.5 Å². The molecule has 0 saturated carbocycles. The molecule has 1 atom stereocenters. The second-order valence-electron chi connectivity index (χ2n) is 4.97. The third-order valence-electron chi connectivity index (χ3n) is 3.41. The first-order chi connectivity index (χ1) is 9.43. The van der Waals surface area contributed by atoms with Gasteiger partial charge in [0.1, 0.15) is 5.01 Å². The number of hydrogen-bond acceptors (Lipinski definition) is 3. The van der Waals surface area contributed by atoms with E-state index in [0.29, 0.717) is 10.6 Å². The van der Waals surface area contributed by atoms with Gasteiger partial charge in [0.05, 0.1) is 11.3 Å². The molecule has 1 aromatic carbocycles. The van der Waals surface area contributed by atoms with E-state index in [9.17, 15) is 13.2 Å². The highest BCUT2D eigenvalue weighted by Gasteiger charge is 2.31. The third kappa shape index (κ3) is 2.58. The predicted molar refractivity (Wildman–Crippen MR) is 72.6 cm³/mol. The Morgan fingerprint density at radius 3 is 2.85 bits per heavy atom. The third-order valence-corrected chi connectivity index (χ3v) is 4.58. The van der Waals surface area contributed by atoms with Crippen LogP contribution in [0.5, 0.6) is 0 Å². The number of nitrogens with zero attached hydrogens (tertiary/aromatic N) is 1. The standard InChI is InChI=1S/C14H13F3N2S/c15-14(16,17)9-3-1-2-8(6-9)13-19-11-5-4-10(18)7-12(11)20-13/h1-3,6,10H,4-5,7,18H2. The summed E-state index contributed by atoms with van der Waals surface area (Å²) in [5.74, 6) is 0. The van der Waals surface area contributed by atoms with Crippen LogP contribution in [0.1, 0.15) is 22.6 Å². The topological polar surface area (TPSA) is 38.9 Å². The highest BCUT2D eigenvalue weighted by molar-refractivity contribution is 7.15. The van der Waals surface area contributed by atoms with Crippen LogP contribution < -0.4 is 5.73 Å². The fourth-order valence-electron chi connectivity index (χ4n) is 2.35. The summed E-state index contributed by atoms with van der Waals surface area (Å²) >= 11 is 1.45. The Labute approximate surface area is 118 Å². The van der Waals surface area contributed by atoms with Crippen LogP contribution in [0, 0.1) is 0 Å². The first kappa shape index (κ1) is 13.6. The van der Waals surface area contributed by atoms with Crippen LogP contribution in [-0.4, -0.2) is 11.0 Å². The van der Waals surface area contributed by atoms with Crippen molar-refractivity contribution < 1.29 is 13.2 Å². The maximum absolute atomic E-state index is 12.7. The van der Waals surface area contributed by atoms with Crippen molar-refractivity contribution in [3.8, 4) is 10.6 Å². The van der Waals surface area contributed by atoms with E-state index in [1.807, 2.05) is 0 Å². The maximum atomic E-state index is 12.7. The molecule has 6 heteroatoms. The largest absolute Gasteiger partial charge is 0.416 e. The lowest BCUT2D eigenvalue weighted by molar-refractivity contribution is -0.137. The van der Waals surface area contributed by atoms with Gasteiger partial charge in [-0.3, -0.25) is 0 Å². The monoisotopic (exact) mass is 298 g/mol. The van der Waals surface area contributed by atoms with Gasteiger partial charge in [-0.05, 0) is 31.4 Å². The van der Waals surface area contributed by atoms with E-state index in [1.165, 1.54) is 17.4 Å². The van der Waals surface area contributed by atoms with Crippen LogP contribution in [-0.2, 0) is 19.0 Å². The number of aryl methyl sites for hydroxylation is 1. The highest BCUT2D eigenvalue weighted by Crippen LogP contribution is 2.35. The molecule has 1 aromatic heterocycles. The summed E-state index contributed by atoms with van der Waals surface area (Å²) in [5, 5.41) is 0.648. The number of alkyl halides is 3. The molecule has 1 aliphatic rings. The van der Waals surface area contributed by atoms with Crippen LogP contribution >= 0.6 is 11.3 Å². The number of rotatable bonds is 1. The Bertz CT molecular complexity index is 634. The number of nitrogens with two attached hydrogens (primary N) is 1. The Morgan fingerprint density at radius 2 is 2.10 bits per heavy atom. The summed E-state index contributed by atoms with van der Waals surface area (Å²) in [7, 11) is 0. The molecule has 1 heterocycles. The van der Waals surface area contributed by atoms with E-state index in [-0.39, 0.29) is 6.04 Å². The Balaban J connectivity index is 1.98. The van der Waals surface area contributed by atoms with E-state index >= 15 is 0 Å². The average Bonchev–Trinajstić information content (AvgIpc) is 2.81. The van der Waals surface area contributed by atoms with E-state index in [1.54, 1.807) is 6.07 Å². The van der Waals surface area contributed by atoms with Crippen molar-refractivity contribution in [2.75, 3.05) is 0 Å². The molecule has 3 rings (SSSR count). The van der Waals surface area contributed by atoms with Crippen molar-refractivity contribution >= 4 is 11.3 Å². The minimum Gasteiger partial charge on any atom is -0.327 e. The summed E-state index contributed by atoms with van der Waals surface area (Å²) in [6, 6.07) is 5.46. The molecule has 1 aliphatic carbocycles. The van der Waals surface area contributed by atoms with Crippen molar-refractivity contribution in [3.05, 3.63) is 40.4 Å². The molecular formula is C14H13F3N2S. The molecule has 2 aromatic rings. The zero-order valence-corrected chi connectivity index (χ0v) is 11.4. The van der Waals surface area contributed by atoms with Crippen LogP contribution in [0.25, 0.3) is 10.6 Å². The Kier molecular flexibility index (Phi) is 3.30. The van der Waals surface area contributed by atoms with E-state index in [0.717, 1.165) is 42.0 Å². The number of halogens is 3. The van der Waals surface area contributed by atoms with Gasteiger partial charge in [0, 0.05) is 16.5 Å². The van der Waals surface area contributed by atoms with Crippen LogP contribution in [0.2, 0.25) is 0 Å². The van der Waals surface area contributed by atoms with Crippen molar-refractivity contribution in [3.63, 3.8) is 0 Å². The minimum absolute atomic E-state index is 0.136. The van der Waals surface area contributed by atoms with Gasteiger partial charge < -0.3 is 5.73 Å². The molecule has 1 unspecified atom stereocenters. The number of benzene rings is 1. The van der Waals surface area contributed by atoms with Gasteiger partial charge in [-0.15, -0.1) is 11.3 Å². The summed E-state index contributed by atoms with van der Waals surface area (Å²) in [4.78, 5) is 5.58. The van der Waals surface area contributed by atoms with Gasteiger partial charge in [0.15, 0.2) is 0 Å². The fraction of sp³-hybridized carbons (Fsp3) is 0.357. The van der Waals surface area contributed by atoms with E-state index < -0.39 is 11.7 Å². The lowest BCUT2D eigenvalue weighted by atomic mass is 9.99. The van der Waals surface area contributed by atoms with Crippen molar-refractivity contribution in [1.82, 2.24) is 4.98 Å². The molecule has 0 aliphatic heterocycles. The Hall–Kier alpha value is -1.40. The summed E-state index contributed by atoms with van der Waals surface area (Å²) in [5.41, 5.74) is 6.78. The molecule has 2 nitrogen and oxygen atoms in total. The number of aromatic nitrogens is 1. The van der Waals surface area contributed by atoms with Gasteiger partial charge in [0.25, 0.3) is 0 Å². The smallest absolute Gasteiger partial charge is 0.327 e. The van der Waals surface area contributed by atoms with Crippen molar-refractivity contribution in [1.29, 1.82) is 0 Å². The summed E-state index contributed by atoms with van der Waals surface area (Å²) in [6.45, 7) is 0. The van der Waals surface area contributed by atoms with Gasteiger partial charge in [0.2, 0.25) is 0 Å². The quantitative estimate of drug-likeness (QED) is 0.873. The zero-order chi connectivity index (χ0) is 14.3. The van der Waals surface area contributed by atoms with Gasteiger partial charge in [-0.2, -0.15) is 13.2 Å². The van der Waals surface area contributed by atoms with Crippen molar-refractivity contribution in [2.24, 2.45) is 5.73 Å². The lowest BCUT2D eigenvalue weighted by Crippen LogP contribution is -2.26. The van der Waals surface area contributed by atoms with Gasteiger partial charge >= 0.3 is 6.18 Å². The zero-order valence-electron chi connectivity index (χ0n) is 10.6. The first-order valence-corrected chi connectivity index (χ1v) is 7.17. The summed E-state index contributed by atoms with van der Waals surface area (Å²) < 4.78 is 38.2. The molecular weight excluding hydrogens is 285 g/mol. The Morgan fingerprint density at radius 1 is 1.30 bits per heavy atom. The number of fused-ring (bicyclic) bond motifs is 1. The van der Waals surface area contributed by atoms with Gasteiger partial charge in [-0.25, -0.2) is 4.98 Å². The fourth-order valence-corrected chi connectivity index (χ4v) is 3.55. The molecule has 0 fully saturated rings. The molecule has 0 bridgehead atoms. The lowest BCUT2D eigenvalue weighted by Gasteiger charge is -2.15. The van der Waals surface area contributed by atoms with Crippen LogP contribution in [0.15, 0.2) is 24.3 Å². The second kappa shape index (κ2) is 4.86. The molecule has 106 valence electrons. The average molecular weight is 298 g/mol. The first-order valence-electron chi connectivity index (χ1n) is 6.35. The van der Waals surface area contributed by atoms with Gasteiger partial charge in [-0.1, -0.05) is 12.1 Å². The van der Waals surface area contributed by atoms with E-state index in [4.69, 9.17) is 5.73 Å². The molecule has 0 saturated heterocycles. The number of thiazole rings is 1. The normalized spacial score (nSPS) is 18.9. The summed E-state index contributed by atoms with van der Waals surface area (Å²) in [6.07, 6.45) is -1.86. The number of hydrogen-bond donors (Lipinski definition) is 1. The molecule has 2 N–H and O–H groups in total. The SMILES string of the molecule is NC1CCc2nc(-c3cccc(C(F)(F)F)c3)sc2C1. The molecule has 0 radical (unpaired) electrons. The molecule has 0 amide bonds. The predicted octanol–water partition coefficient (Wildman–Crippen LogP) is 3.64. The minimum atomic E-state index is -4.32. The van der Waals surface area contributed by atoms with E-state index in [2.05, 4.69) is 4.98 Å². The second-order valence-corrected chi connectivity index (χ2v) is 6.05. The van der Waals surface area contributed by atoms with Crippen LogP contribution in [0.4, 0.5) is 13.2 Å². The maximum Gasteiger partial charge on any atom is 0.416 e. The highest BCUT2D eigenvalue weighted by atomic mass is 32.1. The molecule has 0 spiro atoms.